The number of para-hydroxylation sites is 1. The highest BCUT2D eigenvalue weighted by Crippen LogP contribution is 2.44. The van der Waals surface area contributed by atoms with E-state index in [0.29, 0.717) is 10.8 Å². The van der Waals surface area contributed by atoms with E-state index in [1.165, 1.54) is 0 Å². The Balaban J connectivity index is 1.69. The first-order valence-corrected chi connectivity index (χ1v) is 12.0. The smallest absolute Gasteiger partial charge is 0.337 e. The van der Waals surface area contributed by atoms with Gasteiger partial charge in [0.15, 0.2) is 5.11 Å². The summed E-state index contributed by atoms with van der Waals surface area (Å²) in [5.74, 6) is -0.201. The summed E-state index contributed by atoms with van der Waals surface area (Å²) in [6, 6.07) is 22.4. The van der Waals surface area contributed by atoms with Crippen LogP contribution in [-0.2, 0) is 0 Å². The predicted molar refractivity (Wildman–Crippen MR) is 143 cm³/mol. The Morgan fingerprint density at radius 2 is 1.78 bits per heavy atom. The number of ether oxygens (including phenoxy) is 1. The first kappa shape index (κ1) is 23.6. The molecule has 5 rings (SSSR count). The van der Waals surface area contributed by atoms with Gasteiger partial charge in [0.1, 0.15) is 5.75 Å². The zero-order chi connectivity index (χ0) is 25.4. The Morgan fingerprint density at radius 3 is 2.44 bits per heavy atom. The molecule has 1 aliphatic rings. The molecule has 2 atom stereocenters. The number of hydrogen-bond acceptors (Lipinski definition) is 4. The van der Waals surface area contributed by atoms with Crippen LogP contribution in [0.15, 0.2) is 79.0 Å². The van der Waals surface area contributed by atoms with Gasteiger partial charge < -0.3 is 24.6 Å². The Hall–Kier alpha value is -4.17. The third-order valence-corrected chi connectivity index (χ3v) is 6.93. The van der Waals surface area contributed by atoms with Crippen LogP contribution in [0.25, 0.3) is 5.69 Å². The number of aromatic carboxylic acids is 1. The van der Waals surface area contributed by atoms with Gasteiger partial charge in [0.25, 0.3) is 0 Å². The Bertz CT molecular complexity index is 1430. The maximum atomic E-state index is 12.0. The highest BCUT2D eigenvalue weighted by Gasteiger charge is 2.42. The summed E-state index contributed by atoms with van der Waals surface area (Å²) in [6.07, 6.45) is 1.78. The number of aryl methyl sites for hydroxylation is 1. The quantitative estimate of drug-likeness (QED) is 0.346. The van der Waals surface area contributed by atoms with Gasteiger partial charge in [0.2, 0.25) is 0 Å². The number of pyridine rings is 1. The number of carboxylic acid groups (broad SMARTS) is 1. The molecule has 0 radical (unpaired) electrons. The van der Waals surface area contributed by atoms with Gasteiger partial charge >= 0.3 is 5.97 Å². The molecule has 0 aliphatic carbocycles. The zero-order valence-corrected chi connectivity index (χ0v) is 21.0. The predicted octanol–water partition coefficient (Wildman–Crippen LogP) is 5.37. The van der Waals surface area contributed by atoms with Gasteiger partial charge in [-0.2, -0.15) is 0 Å². The second-order valence-electron chi connectivity index (χ2n) is 8.68. The van der Waals surface area contributed by atoms with Crippen molar-refractivity contribution in [1.82, 2.24) is 14.9 Å². The van der Waals surface area contributed by atoms with Gasteiger partial charge in [-0.05, 0) is 86.2 Å². The van der Waals surface area contributed by atoms with Crippen LogP contribution >= 0.6 is 12.2 Å². The molecular formula is C28H26N4O3S. The number of carboxylic acids is 1. The lowest BCUT2D eigenvalue weighted by atomic mass is 9.96. The summed E-state index contributed by atoms with van der Waals surface area (Å²) < 4.78 is 7.35. The molecule has 1 fully saturated rings. The van der Waals surface area contributed by atoms with Crippen molar-refractivity contribution in [1.29, 1.82) is 0 Å². The molecule has 0 saturated carbocycles. The number of benzene rings is 2. The molecule has 2 N–H and O–H groups in total. The molecule has 8 heteroatoms. The van der Waals surface area contributed by atoms with E-state index in [1.54, 1.807) is 25.4 Å². The van der Waals surface area contributed by atoms with E-state index in [9.17, 15) is 9.90 Å². The number of thiocarbonyl (C=S) groups is 1. The van der Waals surface area contributed by atoms with Crippen LogP contribution in [0.3, 0.4) is 0 Å². The highest BCUT2D eigenvalue weighted by atomic mass is 32.1. The summed E-state index contributed by atoms with van der Waals surface area (Å²) >= 11 is 5.84. The van der Waals surface area contributed by atoms with Crippen molar-refractivity contribution in [2.75, 3.05) is 12.0 Å². The van der Waals surface area contributed by atoms with E-state index < -0.39 is 5.97 Å². The summed E-state index contributed by atoms with van der Waals surface area (Å²) in [6.45, 7) is 4.01. The molecule has 3 heterocycles. The Labute approximate surface area is 215 Å². The molecule has 1 aliphatic heterocycles. The summed E-state index contributed by atoms with van der Waals surface area (Å²) in [5, 5.41) is 13.9. The molecule has 2 aromatic heterocycles. The first-order chi connectivity index (χ1) is 17.4. The molecule has 182 valence electrons. The lowest BCUT2D eigenvalue weighted by Gasteiger charge is -2.28. The highest BCUT2D eigenvalue weighted by molar-refractivity contribution is 7.80. The van der Waals surface area contributed by atoms with Crippen LogP contribution in [0.5, 0.6) is 5.75 Å². The van der Waals surface area contributed by atoms with E-state index >= 15 is 0 Å². The summed E-state index contributed by atoms with van der Waals surface area (Å²) in [7, 11) is 1.64. The van der Waals surface area contributed by atoms with Gasteiger partial charge in [-0.3, -0.25) is 4.98 Å². The maximum Gasteiger partial charge on any atom is 0.337 e. The van der Waals surface area contributed by atoms with E-state index in [4.69, 9.17) is 17.0 Å². The van der Waals surface area contributed by atoms with E-state index in [1.807, 2.05) is 73.0 Å². The number of carbonyl (C=O) groups is 1. The SMILES string of the molecule is COc1ccc(N2C(=S)N[C@@H](c3ccccn3)[C@@H]2c2cc(C)n(-c3ccccc3C(=O)O)c2C)cc1. The topological polar surface area (TPSA) is 79.6 Å². The van der Waals surface area contributed by atoms with Crippen LogP contribution < -0.4 is 15.0 Å². The number of hydrogen-bond donors (Lipinski definition) is 2. The molecule has 0 amide bonds. The number of rotatable bonds is 6. The number of nitrogens with zero attached hydrogens (tertiary/aromatic N) is 3. The lowest BCUT2D eigenvalue weighted by Crippen LogP contribution is -2.29. The van der Waals surface area contributed by atoms with Crippen molar-refractivity contribution in [3.8, 4) is 11.4 Å². The van der Waals surface area contributed by atoms with Gasteiger partial charge in [-0.25, -0.2) is 4.79 Å². The van der Waals surface area contributed by atoms with Crippen molar-refractivity contribution in [2.24, 2.45) is 0 Å². The largest absolute Gasteiger partial charge is 0.497 e. The average molecular weight is 499 g/mol. The summed E-state index contributed by atoms with van der Waals surface area (Å²) in [5.41, 5.74) is 5.58. The number of aromatic nitrogens is 2. The van der Waals surface area contributed by atoms with Crippen LogP contribution in [0.4, 0.5) is 5.69 Å². The fourth-order valence-electron chi connectivity index (χ4n) is 5.00. The standard InChI is InChI=1S/C28H26N4O3S/c1-17-16-22(18(2)31(17)24-10-5-4-8-21(24)27(33)34)26-25(23-9-6-7-15-29-23)30-28(36)32(26)19-11-13-20(35-3)14-12-19/h4-16,25-26H,1-3H3,(H,30,36)(H,33,34)/t25-,26-/m0/s1. The molecular weight excluding hydrogens is 472 g/mol. The maximum absolute atomic E-state index is 12.0. The number of anilines is 1. The number of nitrogens with one attached hydrogen (secondary N) is 1. The average Bonchev–Trinajstić information content (AvgIpc) is 3.39. The van der Waals surface area contributed by atoms with Gasteiger partial charge in [-0.1, -0.05) is 18.2 Å². The monoisotopic (exact) mass is 498 g/mol. The molecule has 0 spiro atoms. The van der Waals surface area contributed by atoms with Crippen molar-refractivity contribution < 1.29 is 14.6 Å². The molecule has 1 saturated heterocycles. The number of methoxy groups -OCH3 is 1. The normalized spacial score (nSPS) is 17.2. The van der Waals surface area contributed by atoms with Gasteiger partial charge in [0, 0.05) is 23.3 Å². The molecule has 2 aromatic carbocycles. The molecule has 4 aromatic rings. The molecule has 36 heavy (non-hydrogen) atoms. The third kappa shape index (κ3) is 3.99. The Kier molecular flexibility index (Phi) is 6.20. The van der Waals surface area contributed by atoms with Gasteiger partial charge in [0.05, 0.1) is 36.1 Å². The van der Waals surface area contributed by atoms with Crippen LogP contribution in [0.1, 0.15) is 45.1 Å². The lowest BCUT2D eigenvalue weighted by molar-refractivity contribution is 0.0697. The second kappa shape index (κ2) is 9.47. The van der Waals surface area contributed by atoms with E-state index in [0.717, 1.165) is 34.1 Å². The van der Waals surface area contributed by atoms with Crippen molar-refractivity contribution in [3.63, 3.8) is 0 Å². The minimum atomic E-state index is -0.963. The molecule has 0 unspecified atom stereocenters. The van der Waals surface area contributed by atoms with Crippen molar-refractivity contribution >= 4 is 29.0 Å². The fourth-order valence-corrected chi connectivity index (χ4v) is 5.34. The van der Waals surface area contributed by atoms with Crippen molar-refractivity contribution in [3.05, 3.63) is 107 Å². The first-order valence-electron chi connectivity index (χ1n) is 11.6. The van der Waals surface area contributed by atoms with Crippen molar-refractivity contribution in [2.45, 2.75) is 25.9 Å². The fraction of sp³-hybridized carbons (Fsp3) is 0.179. The zero-order valence-electron chi connectivity index (χ0n) is 20.2. The van der Waals surface area contributed by atoms with Crippen LogP contribution in [0.2, 0.25) is 0 Å². The minimum Gasteiger partial charge on any atom is -0.497 e. The molecule has 0 bridgehead atoms. The Morgan fingerprint density at radius 1 is 1.06 bits per heavy atom. The van der Waals surface area contributed by atoms with Crippen LogP contribution in [-0.4, -0.2) is 32.8 Å². The van der Waals surface area contributed by atoms with Gasteiger partial charge in [-0.15, -0.1) is 0 Å². The van der Waals surface area contributed by atoms with E-state index in [-0.39, 0.29) is 17.6 Å². The third-order valence-electron chi connectivity index (χ3n) is 6.61. The molecule has 7 nitrogen and oxygen atoms in total. The minimum absolute atomic E-state index is 0.204. The summed E-state index contributed by atoms with van der Waals surface area (Å²) in [4.78, 5) is 18.7. The van der Waals surface area contributed by atoms with E-state index in [2.05, 4.69) is 21.3 Å². The second-order valence-corrected chi connectivity index (χ2v) is 9.07. The van der Waals surface area contributed by atoms with Crippen LogP contribution in [0, 0.1) is 13.8 Å².